The maximum Gasteiger partial charge on any atom is 0.414 e. The lowest BCUT2D eigenvalue weighted by Crippen LogP contribution is -2.26. The quantitative estimate of drug-likeness (QED) is 0.694. The molecule has 0 fully saturated rings. The molecule has 102 valence electrons. The number of carboxylic acids is 2. The molecule has 6 nitrogen and oxygen atoms in total. The van der Waals surface area contributed by atoms with E-state index in [1.54, 1.807) is 6.26 Å². The number of furan rings is 1. The highest BCUT2D eigenvalue weighted by Gasteiger charge is 2.04. The summed E-state index contributed by atoms with van der Waals surface area (Å²) in [6.07, 6.45) is 4.07. The molecule has 1 aromatic heterocycles. The van der Waals surface area contributed by atoms with Crippen LogP contribution in [0, 0.1) is 0 Å². The number of nitrogens with one attached hydrogen (secondary N) is 1. The smallest absolute Gasteiger partial charge is 0.414 e. The maximum absolute atomic E-state index is 9.10. The highest BCUT2D eigenvalue weighted by Crippen LogP contribution is 2.02. The molecule has 0 spiro atoms. The first-order valence-corrected chi connectivity index (χ1v) is 5.73. The second-order valence-electron chi connectivity index (χ2n) is 3.58. The van der Waals surface area contributed by atoms with Crippen LogP contribution >= 0.6 is 0 Å². The first kappa shape index (κ1) is 16.2. The molecular weight excluding hydrogens is 238 g/mol. The molecule has 0 aromatic carbocycles. The van der Waals surface area contributed by atoms with Crippen molar-refractivity contribution < 1.29 is 24.2 Å². The zero-order valence-corrected chi connectivity index (χ0v) is 10.5. The number of hydrogen-bond donors (Lipinski definition) is 3. The highest BCUT2D eigenvalue weighted by atomic mass is 16.4. The highest BCUT2D eigenvalue weighted by molar-refractivity contribution is 6.27. The molecule has 0 aliphatic rings. The fraction of sp³-hybridized carbons (Fsp3) is 0.500. The predicted octanol–water partition coefficient (Wildman–Crippen LogP) is 1.71. The Bertz CT molecular complexity index is 331. The summed E-state index contributed by atoms with van der Waals surface area (Å²) in [6, 6.07) is 4.54. The van der Waals surface area contributed by atoms with Gasteiger partial charge in [0.05, 0.1) is 12.8 Å². The average Bonchev–Trinajstić information content (AvgIpc) is 2.84. The molecule has 1 aromatic rings. The molecule has 3 N–H and O–H groups in total. The second-order valence-corrected chi connectivity index (χ2v) is 3.58. The number of rotatable bonds is 5. The Morgan fingerprint density at radius 1 is 1.28 bits per heavy atom. The molecule has 1 rings (SSSR count). The third kappa shape index (κ3) is 7.45. The molecule has 0 unspecified atom stereocenters. The van der Waals surface area contributed by atoms with Gasteiger partial charge in [0.25, 0.3) is 0 Å². The van der Waals surface area contributed by atoms with Crippen LogP contribution in [0.1, 0.15) is 32.4 Å². The van der Waals surface area contributed by atoms with Gasteiger partial charge in [-0.1, -0.05) is 13.8 Å². The maximum atomic E-state index is 9.10. The normalized spacial score (nSPS) is 9.72. The number of carboxylic acid groups (broad SMARTS) is 2. The Hall–Kier alpha value is -1.82. The van der Waals surface area contributed by atoms with Gasteiger partial charge >= 0.3 is 11.9 Å². The van der Waals surface area contributed by atoms with Crippen molar-refractivity contribution >= 4 is 11.9 Å². The van der Waals surface area contributed by atoms with Crippen molar-refractivity contribution in [3.05, 3.63) is 24.2 Å². The van der Waals surface area contributed by atoms with Crippen molar-refractivity contribution in [3.63, 3.8) is 0 Å². The largest absolute Gasteiger partial charge is 0.473 e. The Kier molecular flexibility index (Phi) is 8.30. The minimum absolute atomic E-state index is 0.620. The molecule has 1 heterocycles. The van der Waals surface area contributed by atoms with Gasteiger partial charge in [0, 0.05) is 6.04 Å². The molecule has 0 saturated heterocycles. The SMILES string of the molecule is CCC(CC)NCc1ccco1.O=C(O)C(=O)O. The Morgan fingerprint density at radius 3 is 2.17 bits per heavy atom. The summed E-state index contributed by atoms with van der Waals surface area (Å²) in [4.78, 5) is 18.2. The first-order chi connectivity index (χ1) is 8.51. The van der Waals surface area contributed by atoms with E-state index in [1.165, 1.54) is 12.8 Å². The van der Waals surface area contributed by atoms with Gasteiger partial charge in [-0.3, -0.25) is 0 Å². The van der Waals surface area contributed by atoms with Gasteiger partial charge in [-0.2, -0.15) is 0 Å². The van der Waals surface area contributed by atoms with E-state index in [-0.39, 0.29) is 0 Å². The van der Waals surface area contributed by atoms with Crippen molar-refractivity contribution in [2.24, 2.45) is 0 Å². The fourth-order valence-electron chi connectivity index (χ4n) is 1.24. The van der Waals surface area contributed by atoms with E-state index in [4.69, 9.17) is 24.2 Å². The fourth-order valence-corrected chi connectivity index (χ4v) is 1.24. The number of carbonyl (C=O) groups is 2. The minimum Gasteiger partial charge on any atom is -0.473 e. The zero-order chi connectivity index (χ0) is 14.0. The van der Waals surface area contributed by atoms with E-state index in [0.29, 0.717) is 6.04 Å². The topological polar surface area (TPSA) is 99.8 Å². The van der Waals surface area contributed by atoms with Crippen LogP contribution in [-0.2, 0) is 16.1 Å². The van der Waals surface area contributed by atoms with Crippen molar-refractivity contribution in [2.45, 2.75) is 39.3 Å². The summed E-state index contributed by atoms with van der Waals surface area (Å²) in [6.45, 7) is 5.24. The van der Waals surface area contributed by atoms with Crippen molar-refractivity contribution in [3.8, 4) is 0 Å². The average molecular weight is 257 g/mol. The van der Waals surface area contributed by atoms with Crippen LogP contribution in [0.25, 0.3) is 0 Å². The summed E-state index contributed by atoms with van der Waals surface area (Å²) in [5.74, 6) is -2.63. The van der Waals surface area contributed by atoms with Crippen LogP contribution in [0.15, 0.2) is 22.8 Å². The molecule has 0 atom stereocenters. The van der Waals surface area contributed by atoms with Gasteiger partial charge in [-0.05, 0) is 25.0 Å². The monoisotopic (exact) mass is 257 g/mol. The summed E-state index contributed by atoms with van der Waals surface area (Å²) in [5.41, 5.74) is 0. The van der Waals surface area contributed by atoms with Gasteiger partial charge in [-0.25, -0.2) is 9.59 Å². The van der Waals surface area contributed by atoms with Crippen molar-refractivity contribution in [1.29, 1.82) is 0 Å². The Balaban J connectivity index is 0.000000411. The predicted molar refractivity (Wildman–Crippen MR) is 65.2 cm³/mol. The summed E-state index contributed by atoms with van der Waals surface area (Å²) < 4.78 is 5.21. The van der Waals surface area contributed by atoms with Crippen LogP contribution in [0.5, 0.6) is 0 Å². The van der Waals surface area contributed by atoms with Crippen LogP contribution in [-0.4, -0.2) is 28.2 Å². The van der Waals surface area contributed by atoms with Gasteiger partial charge in [0.15, 0.2) is 0 Å². The molecular formula is C12H19NO5. The molecule has 0 aliphatic heterocycles. The minimum atomic E-state index is -1.82. The molecule has 0 bridgehead atoms. The Labute approximate surface area is 106 Å². The third-order valence-electron chi connectivity index (χ3n) is 2.31. The number of aliphatic carboxylic acids is 2. The van der Waals surface area contributed by atoms with E-state index in [2.05, 4.69) is 19.2 Å². The molecule has 0 amide bonds. The Morgan fingerprint density at radius 2 is 1.83 bits per heavy atom. The summed E-state index contributed by atoms with van der Waals surface area (Å²) >= 11 is 0. The molecule has 18 heavy (non-hydrogen) atoms. The molecule has 6 heteroatoms. The van der Waals surface area contributed by atoms with E-state index in [0.717, 1.165) is 12.3 Å². The lowest BCUT2D eigenvalue weighted by molar-refractivity contribution is -0.159. The summed E-state index contributed by atoms with van der Waals surface area (Å²) in [7, 11) is 0. The third-order valence-corrected chi connectivity index (χ3v) is 2.31. The first-order valence-electron chi connectivity index (χ1n) is 5.73. The zero-order valence-electron chi connectivity index (χ0n) is 10.5. The van der Waals surface area contributed by atoms with Gasteiger partial charge in [0.1, 0.15) is 5.76 Å². The van der Waals surface area contributed by atoms with Crippen LogP contribution in [0.3, 0.4) is 0 Å². The molecule has 0 saturated carbocycles. The van der Waals surface area contributed by atoms with E-state index >= 15 is 0 Å². The van der Waals surface area contributed by atoms with Crippen molar-refractivity contribution in [1.82, 2.24) is 5.32 Å². The second kappa shape index (κ2) is 9.23. The van der Waals surface area contributed by atoms with E-state index in [9.17, 15) is 0 Å². The lowest BCUT2D eigenvalue weighted by Gasteiger charge is -2.12. The van der Waals surface area contributed by atoms with Crippen LogP contribution in [0.2, 0.25) is 0 Å². The van der Waals surface area contributed by atoms with Crippen LogP contribution < -0.4 is 5.32 Å². The van der Waals surface area contributed by atoms with Crippen molar-refractivity contribution in [2.75, 3.05) is 0 Å². The van der Waals surface area contributed by atoms with E-state index < -0.39 is 11.9 Å². The molecule has 0 radical (unpaired) electrons. The van der Waals surface area contributed by atoms with E-state index in [1.807, 2.05) is 12.1 Å². The number of hydrogen-bond acceptors (Lipinski definition) is 4. The van der Waals surface area contributed by atoms with Gasteiger partial charge in [-0.15, -0.1) is 0 Å². The standard InChI is InChI=1S/C10H17NO.C2H2O4/c1-3-9(4-2)11-8-10-6-5-7-12-10;3-1(4)2(5)6/h5-7,9,11H,3-4,8H2,1-2H3;(H,3,4)(H,5,6). The van der Waals surface area contributed by atoms with Crippen LogP contribution in [0.4, 0.5) is 0 Å². The molecule has 0 aliphatic carbocycles. The summed E-state index contributed by atoms with van der Waals surface area (Å²) in [5, 5.41) is 18.2. The lowest BCUT2D eigenvalue weighted by atomic mass is 10.2. The van der Waals surface area contributed by atoms with Gasteiger partial charge in [0.2, 0.25) is 0 Å². The van der Waals surface area contributed by atoms with Gasteiger partial charge < -0.3 is 19.9 Å².